The van der Waals surface area contributed by atoms with Gasteiger partial charge in [-0.05, 0) is 24.8 Å². The van der Waals surface area contributed by atoms with Crippen molar-refractivity contribution in [2.75, 3.05) is 6.54 Å². The predicted molar refractivity (Wildman–Crippen MR) is 71.5 cm³/mol. The summed E-state index contributed by atoms with van der Waals surface area (Å²) in [6.07, 6.45) is 1.89. The molecule has 4 nitrogen and oxygen atoms in total. The molecule has 17 heavy (non-hydrogen) atoms. The second kappa shape index (κ2) is 6.49. The van der Waals surface area contributed by atoms with E-state index >= 15 is 0 Å². The summed E-state index contributed by atoms with van der Waals surface area (Å²) in [5.74, 6) is 0.601. The Bertz CT molecular complexity index is 438. The Hall–Kier alpha value is -0.430. The summed E-state index contributed by atoms with van der Waals surface area (Å²) in [5.41, 5.74) is 5.46. The van der Waals surface area contributed by atoms with Crippen LogP contribution < -0.4 is 10.5 Å². The average molecular weight is 276 g/mol. The van der Waals surface area contributed by atoms with Gasteiger partial charge in [-0.3, -0.25) is 0 Å². The zero-order valence-electron chi connectivity index (χ0n) is 10.3. The molecule has 0 aliphatic heterocycles. The number of sulfonamides is 1. The largest absolute Gasteiger partial charge is 0.326 e. The lowest BCUT2D eigenvalue weighted by Gasteiger charge is -2.06. The van der Waals surface area contributed by atoms with Crippen LogP contribution in [0.5, 0.6) is 0 Å². The normalized spacial score (nSPS) is 12.2. The summed E-state index contributed by atoms with van der Waals surface area (Å²) in [5, 5.41) is 1.63. The topological polar surface area (TPSA) is 72.2 Å². The highest BCUT2D eigenvalue weighted by molar-refractivity contribution is 7.89. The first kappa shape index (κ1) is 14.6. The van der Waals surface area contributed by atoms with E-state index in [4.69, 9.17) is 5.73 Å². The lowest BCUT2D eigenvalue weighted by molar-refractivity contribution is 0.540. The summed E-state index contributed by atoms with van der Waals surface area (Å²) in [4.78, 5) is 1.21. The van der Waals surface area contributed by atoms with E-state index < -0.39 is 10.0 Å². The second-order valence-electron chi connectivity index (χ2n) is 4.39. The van der Waals surface area contributed by atoms with Crippen LogP contribution in [0.3, 0.4) is 0 Å². The Morgan fingerprint density at radius 1 is 1.47 bits per heavy atom. The van der Waals surface area contributed by atoms with E-state index in [2.05, 4.69) is 18.6 Å². The number of hydrogen-bond acceptors (Lipinski definition) is 4. The van der Waals surface area contributed by atoms with Gasteiger partial charge in [-0.1, -0.05) is 13.8 Å². The molecule has 0 spiro atoms. The van der Waals surface area contributed by atoms with Gasteiger partial charge >= 0.3 is 0 Å². The van der Waals surface area contributed by atoms with Crippen molar-refractivity contribution in [3.8, 4) is 0 Å². The van der Waals surface area contributed by atoms with E-state index in [0.717, 1.165) is 17.7 Å². The smallest absolute Gasteiger partial charge is 0.241 e. The minimum atomic E-state index is -3.34. The van der Waals surface area contributed by atoms with Crippen LogP contribution in [0.1, 0.15) is 31.6 Å². The van der Waals surface area contributed by atoms with Gasteiger partial charge in [0, 0.05) is 23.3 Å². The summed E-state index contributed by atoms with van der Waals surface area (Å²) in [7, 11) is -3.34. The SMILES string of the molecule is CC(C)CCCNS(=O)(=O)c1csc(CN)c1. The first-order chi connectivity index (χ1) is 7.95. The molecule has 98 valence electrons. The van der Waals surface area contributed by atoms with Crippen molar-refractivity contribution >= 4 is 21.4 Å². The predicted octanol–water partition coefficient (Wildman–Crippen LogP) is 1.92. The molecular weight excluding hydrogens is 256 g/mol. The molecule has 3 N–H and O–H groups in total. The van der Waals surface area contributed by atoms with Gasteiger partial charge in [0.15, 0.2) is 0 Å². The van der Waals surface area contributed by atoms with Gasteiger partial charge in [-0.2, -0.15) is 0 Å². The van der Waals surface area contributed by atoms with Crippen molar-refractivity contribution in [3.05, 3.63) is 16.3 Å². The fourth-order valence-electron chi connectivity index (χ4n) is 1.41. The van der Waals surface area contributed by atoms with Crippen molar-refractivity contribution in [3.63, 3.8) is 0 Å². The molecule has 0 aromatic carbocycles. The van der Waals surface area contributed by atoms with E-state index in [-0.39, 0.29) is 0 Å². The van der Waals surface area contributed by atoms with Crippen molar-refractivity contribution in [2.45, 2.75) is 38.1 Å². The zero-order chi connectivity index (χ0) is 12.9. The molecule has 0 atom stereocenters. The number of nitrogens with one attached hydrogen (secondary N) is 1. The maximum Gasteiger partial charge on any atom is 0.241 e. The van der Waals surface area contributed by atoms with Crippen LogP contribution >= 0.6 is 11.3 Å². The Morgan fingerprint density at radius 2 is 2.18 bits per heavy atom. The van der Waals surface area contributed by atoms with E-state index in [1.807, 2.05) is 0 Å². The maximum atomic E-state index is 11.9. The quantitative estimate of drug-likeness (QED) is 0.747. The standard InChI is InChI=1S/C11H20N2O2S2/c1-9(2)4-3-5-13-17(14,15)11-6-10(7-12)16-8-11/h6,8-9,13H,3-5,7,12H2,1-2H3. The van der Waals surface area contributed by atoms with Crippen LogP contribution in [-0.2, 0) is 16.6 Å². The molecule has 0 amide bonds. The van der Waals surface area contributed by atoms with Crippen LogP contribution in [0.15, 0.2) is 16.3 Å². The van der Waals surface area contributed by atoms with Crippen LogP contribution in [-0.4, -0.2) is 15.0 Å². The van der Waals surface area contributed by atoms with Gasteiger partial charge in [-0.15, -0.1) is 11.3 Å². The molecule has 0 fully saturated rings. The summed E-state index contributed by atoms with van der Waals surface area (Å²) >= 11 is 1.38. The third-order valence-corrected chi connectivity index (χ3v) is 4.94. The van der Waals surface area contributed by atoms with Gasteiger partial charge in [-0.25, -0.2) is 13.1 Å². The van der Waals surface area contributed by atoms with Gasteiger partial charge < -0.3 is 5.73 Å². The third-order valence-electron chi connectivity index (χ3n) is 2.39. The van der Waals surface area contributed by atoms with E-state index in [9.17, 15) is 8.42 Å². The number of thiophene rings is 1. The third kappa shape index (κ3) is 4.75. The maximum absolute atomic E-state index is 11.9. The minimum Gasteiger partial charge on any atom is -0.326 e. The molecule has 1 aromatic heterocycles. The Morgan fingerprint density at radius 3 is 2.71 bits per heavy atom. The minimum absolute atomic E-state index is 0.326. The van der Waals surface area contributed by atoms with E-state index in [1.54, 1.807) is 11.4 Å². The molecular formula is C11H20N2O2S2. The molecule has 1 aromatic rings. The summed E-state index contributed by atoms with van der Waals surface area (Å²) < 4.78 is 26.3. The Kier molecular flexibility index (Phi) is 5.58. The van der Waals surface area contributed by atoms with Crippen LogP contribution in [0.2, 0.25) is 0 Å². The molecule has 1 rings (SSSR count). The lowest BCUT2D eigenvalue weighted by atomic mass is 10.1. The molecule has 0 bridgehead atoms. The second-order valence-corrected chi connectivity index (χ2v) is 7.15. The Labute approximate surface area is 107 Å². The highest BCUT2D eigenvalue weighted by atomic mass is 32.2. The van der Waals surface area contributed by atoms with Gasteiger partial charge in [0.1, 0.15) is 0 Å². The molecule has 0 aliphatic carbocycles. The monoisotopic (exact) mass is 276 g/mol. The van der Waals surface area contributed by atoms with Gasteiger partial charge in [0.05, 0.1) is 4.90 Å². The first-order valence-electron chi connectivity index (χ1n) is 5.73. The summed E-state index contributed by atoms with van der Waals surface area (Å²) in [6.45, 7) is 5.13. The fraction of sp³-hybridized carbons (Fsp3) is 0.636. The van der Waals surface area contributed by atoms with Crippen molar-refractivity contribution in [2.24, 2.45) is 11.7 Å². The van der Waals surface area contributed by atoms with Gasteiger partial charge in [0.2, 0.25) is 10.0 Å². The lowest BCUT2D eigenvalue weighted by Crippen LogP contribution is -2.24. The highest BCUT2D eigenvalue weighted by Gasteiger charge is 2.15. The summed E-state index contributed by atoms with van der Waals surface area (Å²) in [6, 6.07) is 1.63. The van der Waals surface area contributed by atoms with Crippen LogP contribution in [0, 0.1) is 5.92 Å². The van der Waals surface area contributed by atoms with Gasteiger partial charge in [0.25, 0.3) is 0 Å². The first-order valence-corrected chi connectivity index (χ1v) is 8.09. The molecule has 0 radical (unpaired) electrons. The van der Waals surface area contributed by atoms with Crippen molar-refractivity contribution in [1.82, 2.24) is 4.72 Å². The molecule has 1 heterocycles. The van der Waals surface area contributed by atoms with Crippen molar-refractivity contribution < 1.29 is 8.42 Å². The van der Waals surface area contributed by atoms with Crippen LogP contribution in [0.25, 0.3) is 0 Å². The fourth-order valence-corrected chi connectivity index (χ4v) is 3.64. The van der Waals surface area contributed by atoms with E-state index in [1.165, 1.54) is 11.3 Å². The Balaban J connectivity index is 2.51. The zero-order valence-corrected chi connectivity index (χ0v) is 11.9. The molecule has 0 saturated heterocycles. The van der Waals surface area contributed by atoms with E-state index in [0.29, 0.717) is 23.9 Å². The molecule has 0 unspecified atom stereocenters. The average Bonchev–Trinajstić information content (AvgIpc) is 2.73. The number of nitrogens with two attached hydrogens (primary N) is 1. The molecule has 6 heteroatoms. The van der Waals surface area contributed by atoms with Crippen molar-refractivity contribution in [1.29, 1.82) is 0 Å². The van der Waals surface area contributed by atoms with Crippen LogP contribution in [0.4, 0.5) is 0 Å². The molecule has 0 aliphatic rings. The number of rotatable bonds is 7. The molecule has 0 saturated carbocycles. The number of hydrogen-bond donors (Lipinski definition) is 2. The highest BCUT2D eigenvalue weighted by Crippen LogP contribution is 2.18.